The predicted molar refractivity (Wildman–Crippen MR) is 87.6 cm³/mol. The molecule has 2 rings (SSSR count). The number of benzene rings is 2. The molecule has 4 heteroatoms. The molecule has 0 aliphatic heterocycles. The van der Waals surface area contributed by atoms with Crippen LogP contribution in [0.15, 0.2) is 30.3 Å². The van der Waals surface area contributed by atoms with Crippen molar-refractivity contribution in [3.8, 4) is 16.9 Å². The van der Waals surface area contributed by atoms with E-state index < -0.39 is 0 Å². The van der Waals surface area contributed by atoms with Gasteiger partial charge in [-0.1, -0.05) is 42.6 Å². The van der Waals surface area contributed by atoms with E-state index in [2.05, 4.69) is 6.92 Å². The van der Waals surface area contributed by atoms with Gasteiger partial charge in [-0.3, -0.25) is 4.79 Å². The first kappa shape index (κ1) is 15.9. The Morgan fingerprint density at radius 3 is 2.52 bits per heavy atom. The van der Waals surface area contributed by atoms with E-state index in [4.69, 9.17) is 23.2 Å². The Kier molecular flexibility index (Phi) is 5.27. The van der Waals surface area contributed by atoms with Crippen LogP contribution in [0.4, 0.5) is 0 Å². The summed E-state index contributed by atoms with van der Waals surface area (Å²) < 4.78 is 0. The molecule has 1 N–H and O–H groups in total. The first-order chi connectivity index (χ1) is 10.1. The summed E-state index contributed by atoms with van der Waals surface area (Å²) in [4.78, 5) is 11.2. The van der Waals surface area contributed by atoms with E-state index in [9.17, 15) is 9.90 Å². The van der Waals surface area contributed by atoms with Crippen LogP contribution < -0.4 is 0 Å². The highest BCUT2D eigenvalue weighted by Crippen LogP contribution is 2.36. The van der Waals surface area contributed by atoms with Crippen LogP contribution in [0.2, 0.25) is 10.0 Å². The van der Waals surface area contributed by atoms with Gasteiger partial charge in [0, 0.05) is 5.56 Å². The lowest BCUT2D eigenvalue weighted by molar-refractivity contribution is 0.112. The molecule has 2 aromatic carbocycles. The fraction of sp³-hybridized carbons (Fsp3) is 0.235. The van der Waals surface area contributed by atoms with Gasteiger partial charge in [-0.15, -0.1) is 0 Å². The Balaban J connectivity index is 2.54. The normalized spacial score (nSPS) is 10.6. The average molecular weight is 323 g/mol. The second kappa shape index (κ2) is 6.97. The van der Waals surface area contributed by atoms with Gasteiger partial charge in [0.15, 0.2) is 6.29 Å². The molecule has 0 radical (unpaired) electrons. The summed E-state index contributed by atoms with van der Waals surface area (Å²) in [7, 11) is 0. The number of carbonyl (C=O) groups is 1. The minimum absolute atomic E-state index is 0.0244. The zero-order chi connectivity index (χ0) is 15.4. The molecule has 0 saturated heterocycles. The number of hydrogen-bond acceptors (Lipinski definition) is 2. The maximum absolute atomic E-state index is 11.2. The van der Waals surface area contributed by atoms with Crippen molar-refractivity contribution in [2.45, 2.75) is 26.2 Å². The third kappa shape index (κ3) is 3.58. The molecule has 0 unspecified atom stereocenters. The van der Waals surface area contributed by atoms with Crippen LogP contribution in [0.5, 0.6) is 5.75 Å². The van der Waals surface area contributed by atoms with Gasteiger partial charge in [0.1, 0.15) is 5.75 Å². The van der Waals surface area contributed by atoms with Gasteiger partial charge in [-0.25, -0.2) is 0 Å². The third-order valence-electron chi connectivity index (χ3n) is 3.38. The number of rotatable bonds is 5. The summed E-state index contributed by atoms with van der Waals surface area (Å²) in [6.07, 6.45) is 3.64. The van der Waals surface area contributed by atoms with E-state index in [-0.39, 0.29) is 5.75 Å². The number of unbranched alkanes of at least 4 members (excludes halogenated alkanes) is 1. The number of hydrogen-bond donors (Lipinski definition) is 1. The fourth-order valence-electron chi connectivity index (χ4n) is 2.22. The minimum atomic E-state index is -0.0244. The molecule has 2 aromatic rings. The number of aldehydes is 1. The van der Waals surface area contributed by atoms with Gasteiger partial charge in [0.05, 0.1) is 15.6 Å². The van der Waals surface area contributed by atoms with E-state index >= 15 is 0 Å². The van der Waals surface area contributed by atoms with Crippen LogP contribution in [0.1, 0.15) is 35.7 Å². The van der Waals surface area contributed by atoms with Crippen LogP contribution in [0.3, 0.4) is 0 Å². The lowest BCUT2D eigenvalue weighted by Gasteiger charge is -2.11. The Hall–Kier alpha value is -1.51. The molecule has 0 spiro atoms. The molecule has 0 bridgehead atoms. The van der Waals surface area contributed by atoms with Crippen molar-refractivity contribution >= 4 is 29.5 Å². The standard InChI is InChI=1S/C17H16Cl2O2/c1-2-3-4-11-7-13(10-20)17(21)14(8-11)12-5-6-15(18)16(19)9-12/h5-10,21H,2-4H2,1H3. The first-order valence-electron chi connectivity index (χ1n) is 6.83. The molecular formula is C17H16Cl2O2. The van der Waals surface area contributed by atoms with E-state index in [1.165, 1.54) is 0 Å². The molecule has 2 nitrogen and oxygen atoms in total. The molecule has 110 valence electrons. The smallest absolute Gasteiger partial charge is 0.153 e. The summed E-state index contributed by atoms with van der Waals surface area (Å²) in [5.41, 5.74) is 2.66. The third-order valence-corrected chi connectivity index (χ3v) is 4.11. The molecule has 0 aliphatic rings. The lowest BCUT2D eigenvalue weighted by Crippen LogP contribution is -1.92. The van der Waals surface area contributed by atoms with Crippen LogP contribution >= 0.6 is 23.2 Å². The minimum Gasteiger partial charge on any atom is -0.507 e. The number of phenolic OH excluding ortho intramolecular Hbond substituents is 1. The van der Waals surface area contributed by atoms with Crippen LogP contribution in [-0.2, 0) is 6.42 Å². The highest BCUT2D eigenvalue weighted by molar-refractivity contribution is 6.42. The van der Waals surface area contributed by atoms with Crippen molar-refractivity contribution in [2.75, 3.05) is 0 Å². The van der Waals surface area contributed by atoms with E-state index in [0.29, 0.717) is 27.5 Å². The molecule has 0 aromatic heterocycles. The zero-order valence-electron chi connectivity index (χ0n) is 11.7. The average Bonchev–Trinajstić information content (AvgIpc) is 2.49. The van der Waals surface area contributed by atoms with Crippen molar-refractivity contribution < 1.29 is 9.90 Å². The van der Waals surface area contributed by atoms with Crippen LogP contribution in [0, 0.1) is 0 Å². The summed E-state index contributed by atoms with van der Waals surface area (Å²) in [5.74, 6) is -0.0244. The van der Waals surface area contributed by atoms with E-state index in [1.807, 2.05) is 6.07 Å². The Labute approximate surface area is 134 Å². The van der Waals surface area contributed by atoms with Gasteiger partial charge in [-0.2, -0.15) is 0 Å². The number of phenols is 1. The topological polar surface area (TPSA) is 37.3 Å². The molecule has 0 fully saturated rings. The number of carbonyl (C=O) groups excluding carboxylic acids is 1. The lowest BCUT2D eigenvalue weighted by atomic mass is 9.96. The SMILES string of the molecule is CCCCc1cc(C=O)c(O)c(-c2ccc(Cl)c(Cl)c2)c1. The van der Waals surface area contributed by atoms with E-state index in [0.717, 1.165) is 30.4 Å². The number of halogens is 2. The van der Waals surface area contributed by atoms with Gasteiger partial charge in [0.25, 0.3) is 0 Å². The monoisotopic (exact) mass is 322 g/mol. The largest absolute Gasteiger partial charge is 0.507 e. The maximum Gasteiger partial charge on any atom is 0.153 e. The predicted octanol–water partition coefficient (Wildman–Crippen LogP) is 5.52. The van der Waals surface area contributed by atoms with Crippen molar-refractivity contribution in [3.05, 3.63) is 51.5 Å². The van der Waals surface area contributed by atoms with Crippen molar-refractivity contribution in [1.29, 1.82) is 0 Å². The first-order valence-corrected chi connectivity index (χ1v) is 7.59. The highest BCUT2D eigenvalue weighted by Gasteiger charge is 2.12. The van der Waals surface area contributed by atoms with Crippen molar-refractivity contribution in [1.82, 2.24) is 0 Å². The molecule has 0 atom stereocenters. The second-order valence-corrected chi connectivity index (χ2v) is 5.75. The molecular weight excluding hydrogens is 307 g/mol. The zero-order valence-corrected chi connectivity index (χ0v) is 13.2. The fourth-order valence-corrected chi connectivity index (χ4v) is 2.52. The highest BCUT2D eigenvalue weighted by atomic mass is 35.5. The summed E-state index contributed by atoms with van der Waals surface area (Å²) >= 11 is 11.9. The van der Waals surface area contributed by atoms with Gasteiger partial charge >= 0.3 is 0 Å². The summed E-state index contributed by atoms with van der Waals surface area (Å²) in [5, 5.41) is 11.1. The van der Waals surface area contributed by atoms with Gasteiger partial charge in [-0.05, 0) is 48.2 Å². The molecule has 0 heterocycles. The Bertz CT molecular complexity index is 666. The Morgan fingerprint density at radius 2 is 1.90 bits per heavy atom. The van der Waals surface area contributed by atoms with Crippen LogP contribution in [-0.4, -0.2) is 11.4 Å². The summed E-state index contributed by atoms with van der Waals surface area (Å²) in [6.45, 7) is 2.11. The molecule has 0 amide bonds. The van der Waals surface area contributed by atoms with Crippen molar-refractivity contribution in [2.24, 2.45) is 0 Å². The molecule has 0 aliphatic carbocycles. The van der Waals surface area contributed by atoms with Gasteiger partial charge < -0.3 is 5.11 Å². The second-order valence-electron chi connectivity index (χ2n) is 4.93. The number of aromatic hydroxyl groups is 1. The quantitative estimate of drug-likeness (QED) is 0.736. The molecule has 21 heavy (non-hydrogen) atoms. The number of aryl methyl sites for hydroxylation is 1. The Morgan fingerprint density at radius 1 is 1.14 bits per heavy atom. The van der Waals surface area contributed by atoms with Gasteiger partial charge in [0.2, 0.25) is 0 Å². The van der Waals surface area contributed by atoms with E-state index in [1.54, 1.807) is 24.3 Å². The maximum atomic E-state index is 11.2. The summed E-state index contributed by atoms with van der Waals surface area (Å²) in [6, 6.07) is 8.78. The molecule has 0 saturated carbocycles. The van der Waals surface area contributed by atoms with Crippen LogP contribution in [0.25, 0.3) is 11.1 Å². The van der Waals surface area contributed by atoms with Crippen molar-refractivity contribution in [3.63, 3.8) is 0 Å².